The standard InChI is InChI=1S/C24H36O14S/c1-9-32-21(29)17(22(30)33-10-2)24(7,8)39(31)23-20(37-15(6)28)19(36-14(5)27)18(35-13(4)26)16(38-23)11-34-12(3)25/h16-20,23H,9-11H2,1-8H3/t16-,18-,19+,20+,23-,39+/m1/s1. The highest BCUT2D eigenvalue weighted by Gasteiger charge is 2.58. The van der Waals surface area contributed by atoms with Gasteiger partial charge in [0.25, 0.3) is 0 Å². The maximum atomic E-state index is 14.1. The summed E-state index contributed by atoms with van der Waals surface area (Å²) in [5.74, 6) is -7.06. The normalized spacial score (nSPS) is 23.7. The first-order chi connectivity index (χ1) is 18.1. The van der Waals surface area contributed by atoms with Crippen LogP contribution in [0.2, 0.25) is 0 Å². The Balaban J connectivity index is 3.72. The fraction of sp³-hybridized carbons (Fsp3) is 0.750. The molecule has 0 saturated carbocycles. The average Bonchev–Trinajstić information content (AvgIpc) is 2.79. The van der Waals surface area contributed by atoms with E-state index >= 15 is 0 Å². The molecule has 14 nitrogen and oxygen atoms in total. The number of carbonyl (C=O) groups excluding carboxylic acids is 6. The molecular formula is C24H36O14S. The van der Waals surface area contributed by atoms with E-state index in [4.69, 9.17) is 33.2 Å². The van der Waals surface area contributed by atoms with Crippen LogP contribution in [0.15, 0.2) is 0 Å². The fourth-order valence-corrected chi connectivity index (χ4v) is 5.61. The van der Waals surface area contributed by atoms with Crippen LogP contribution in [0.4, 0.5) is 0 Å². The van der Waals surface area contributed by atoms with Crippen LogP contribution in [0.25, 0.3) is 0 Å². The lowest BCUT2D eigenvalue weighted by molar-refractivity contribution is -0.238. The van der Waals surface area contributed by atoms with E-state index in [9.17, 15) is 33.0 Å². The Hall–Kier alpha value is -3.07. The average molecular weight is 581 g/mol. The van der Waals surface area contributed by atoms with Crippen molar-refractivity contribution < 1.29 is 66.1 Å². The van der Waals surface area contributed by atoms with Gasteiger partial charge in [-0.05, 0) is 27.7 Å². The number of esters is 6. The summed E-state index contributed by atoms with van der Waals surface area (Å²) in [4.78, 5) is 73.1. The van der Waals surface area contributed by atoms with Gasteiger partial charge in [-0.3, -0.25) is 33.0 Å². The molecule has 1 saturated heterocycles. The first-order valence-electron chi connectivity index (χ1n) is 12.1. The molecule has 1 rings (SSSR count). The number of ether oxygens (including phenoxy) is 7. The molecule has 1 aliphatic rings. The largest absolute Gasteiger partial charge is 0.465 e. The van der Waals surface area contributed by atoms with Crippen molar-refractivity contribution in [3.8, 4) is 0 Å². The van der Waals surface area contributed by atoms with Crippen molar-refractivity contribution >= 4 is 46.6 Å². The van der Waals surface area contributed by atoms with E-state index in [2.05, 4.69) is 0 Å². The Bertz CT molecular complexity index is 942. The number of carbonyl (C=O) groups is 6. The van der Waals surface area contributed by atoms with Gasteiger partial charge in [-0.15, -0.1) is 0 Å². The summed E-state index contributed by atoms with van der Waals surface area (Å²) in [7, 11) is -2.41. The zero-order valence-electron chi connectivity index (χ0n) is 23.2. The zero-order valence-corrected chi connectivity index (χ0v) is 24.0. The fourth-order valence-electron chi connectivity index (χ4n) is 3.89. The van der Waals surface area contributed by atoms with Crippen molar-refractivity contribution in [2.24, 2.45) is 5.92 Å². The first-order valence-corrected chi connectivity index (χ1v) is 13.3. The van der Waals surface area contributed by atoms with Crippen molar-refractivity contribution in [2.45, 2.75) is 90.0 Å². The van der Waals surface area contributed by atoms with Crippen LogP contribution < -0.4 is 0 Å². The molecule has 0 radical (unpaired) electrons. The van der Waals surface area contributed by atoms with E-state index in [-0.39, 0.29) is 13.2 Å². The van der Waals surface area contributed by atoms with Crippen LogP contribution in [0.3, 0.4) is 0 Å². The summed E-state index contributed by atoms with van der Waals surface area (Å²) in [6.07, 6.45) is -6.04. The van der Waals surface area contributed by atoms with Crippen molar-refractivity contribution in [3.63, 3.8) is 0 Å². The number of hydrogen-bond donors (Lipinski definition) is 0. The molecular weight excluding hydrogens is 544 g/mol. The Morgan fingerprint density at radius 2 is 1.15 bits per heavy atom. The van der Waals surface area contributed by atoms with Crippen LogP contribution in [0, 0.1) is 5.92 Å². The number of rotatable bonds is 12. The van der Waals surface area contributed by atoms with Gasteiger partial charge in [-0.2, -0.15) is 0 Å². The maximum Gasteiger partial charge on any atom is 0.321 e. The minimum atomic E-state index is -2.41. The summed E-state index contributed by atoms with van der Waals surface area (Å²) in [6.45, 7) is 9.19. The molecule has 0 aliphatic carbocycles. The second kappa shape index (κ2) is 14.9. The van der Waals surface area contributed by atoms with E-state index < -0.39 is 93.7 Å². The molecule has 0 spiro atoms. The molecule has 222 valence electrons. The highest BCUT2D eigenvalue weighted by atomic mass is 32.2. The van der Waals surface area contributed by atoms with Crippen LogP contribution in [0.1, 0.15) is 55.4 Å². The highest BCUT2D eigenvalue weighted by Crippen LogP contribution is 2.37. The van der Waals surface area contributed by atoms with Gasteiger partial charge in [0, 0.05) is 27.7 Å². The van der Waals surface area contributed by atoms with Gasteiger partial charge in [-0.25, -0.2) is 0 Å². The predicted octanol–water partition coefficient (Wildman–Crippen LogP) is 0.339. The molecule has 0 aromatic heterocycles. The van der Waals surface area contributed by atoms with E-state index in [1.807, 2.05) is 0 Å². The summed E-state index contributed by atoms with van der Waals surface area (Å²) in [5, 5.41) is 0. The van der Waals surface area contributed by atoms with Gasteiger partial charge in [-0.1, -0.05) is 0 Å². The summed E-state index contributed by atoms with van der Waals surface area (Å²) in [6, 6.07) is 0. The lowest BCUT2D eigenvalue weighted by Gasteiger charge is -2.46. The molecule has 0 amide bonds. The first kappa shape index (κ1) is 34.0. The van der Waals surface area contributed by atoms with E-state index in [0.717, 1.165) is 27.7 Å². The molecule has 0 bridgehead atoms. The van der Waals surface area contributed by atoms with Crippen LogP contribution >= 0.6 is 0 Å². The third kappa shape index (κ3) is 9.27. The molecule has 39 heavy (non-hydrogen) atoms. The summed E-state index contributed by atoms with van der Waals surface area (Å²) in [5.41, 5.74) is -1.67. The zero-order chi connectivity index (χ0) is 30.1. The third-order valence-corrected chi connectivity index (χ3v) is 7.49. The van der Waals surface area contributed by atoms with Crippen molar-refractivity contribution in [1.82, 2.24) is 0 Å². The third-order valence-electron chi connectivity index (χ3n) is 5.42. The molecule has 0 N–H and O–H groups in total. The smallest absolute Gasteiger partial charge is 0.321 e. The van der Waals surface area contributed by atoms with Crippen LogP contribution in [-0.4, -0.2) is 94.4 Å². The van der Waals surface area contributed by atoms with Gasteiger partial charge in [0.15, 0.2) is 29.7 Å². The molecule has 6 atom stereocenters. The van der Waals surface area contributed by atoms with E-state index in [1.165, 1.54) is 27.7 Å². The van der Waals surface area contributed by atoms with E-state index in [1.54, 1.807) is 0 Å². The topological polar surface area (TPSA) is 184 Å². The SMILES string of the molecule is CCOC(=O)C(C(=O)OCC)C(C)(C)[S@@](=O)[C@H]1O[C@H](COC(C)=O)[C@@H](OC(C)=O)[C@H](OC(C)=O)[C@@H]1OC(C)=O. The quantitative estimate of drug-likeness (QED) is 0.175. The van der Waals surface area contributed by atoms with Crippen LogP contribution in [0.5, 0.6) is 0 Å². The monoisotopic (exact) mass is 580 g/mol. The Kier molecular flexibility index (Phi) is 13.0. The number of hydrogen-bond acceptors (Lipinski definition) is 14. The molecule has 0 aromatic rings. The second-order valence-electron chi connectivity index (χ2n) is 8.91. The van der Waals surface area contributed by atoms with Gasteiger partial charge in [0.2, 0.25) is 0 Å². The van der Waals surface area contributed by atoms with Crippen molar-refractivity contribution in [2.75, 3.05) is 19.8 Å². The Labute approximate surface area is 228 Å². The van der Waals surface area contributed by atoms with Gasteiger partial charge >= 0.3 is 35.8 Å². The summed E-state index contributed by atoms with van der Waals surface area (Å²) >= 11 is 0. The van der Waals surface area contributed by atoms with Crippen LogP contribution in [-0.2, 0) is 72.7 Å². The van der Waals surface area contributed by atoms with Gasteiger partial charge in [0.1, 0.15) is 12.7 Å². The second-order valence-corrected chi connectivity index (χ2v) is 11.0. The molecule has 0 unspecified atom stereocenters. The molecule has 1 heterocycles. The lowest BCUT2D eigenvalue weighted by atomic mass is 9.95. The molecule has 15 heteroatoms. The minimum absolute atomic E-state index is 0.0868. The lowest BCUT2D eigenvalue weighted by Crippen LogP contribution is -2.65. The Morgan fingerprint density at radius 1 is 0.718 bits per heavy atom. The highest BCUT2D eigenvalue weighted by molar-refractivity contribution is 7.87. The van der Waals surface area contributed by atoms with Gasteiger partial charge in [0.05, 0.1) is 28.8 Å². The minimum Gasteiger partial charge on any atom is -0.465 e. The molecule has 0 aromatic carbocycles. The maximum absolute atomic E-state index is 14.1. The van der Waals surface area contributed by atoms with E-state index in [0.29, 0.717) is 0 Å². The molecule has 1 fully saturated rings. The predicted molar refractivity (Wildman–Crippen MR) is 131 cm³/mol. The van der Waals surface area contributed by atoms with Crippen molar-refractivity contribution in [3.05, 3.63) is 0 Å². The molecule has 1 aliphatic heterocycles. The Morgan fingerprint density at radius 3 is 1.56 bits per heavy atom. The van der Waals surface area contributed by atoms with Crippen molar-refractivity contribution in [1.29, 1.82) is 0 Å². The summed E-state index contributed by atoms with van der Waals surface area (Å²) < 4.78 is 49.3. The van der Waals surface area contributed by atoms with Gasteiger partial charge < -0.3 is 33.2 Å².